The maximum absolute atomic E-state index is 11.8. The van der Waals surface area contributed by atoms with Crippen molar-refractivity contribution in [2.45, 2.75) is 6.61 Å². The van der Waals surface area contributed by atoms with Gasteiger partial charge in [-0.15, -0.1) is 0 Å². The molecule has 1 aromatic carbocycles. The van der Waals surface area contributed by atoms with Crippen LogP contribution in [0.2, 0.25) is 10.0 Å². The minimum atomic E-state index is -3.07. The Balaban J connectivity index is 2.64. The maximum atomic E-state index is 11.8. The number of anilines is 1. The summed E-state index contributed by atoms with van der Waals surface area (Å²) >= 11 is 11.4. The monoisotopic (exact) mass is 284 g/mol. The molecular formula is C9H8Cl2F2N2O2. The fourth-order valence-electron chi connectivity index (χ4n) is 0.943. The van der Waals surface area contributed by atoms with Crippen LogP contribution in [0, 0.1) is 0 Å². The summed E-state index contributed by atoms with van der Waals surface area (Å²) in [5, 5.41) is 3.24. The highest BCUT2D eigenvalue weighted by molar-refractivity contribution is 6.42. The zero-order chi connectivity index (χ0) is 13.0. The molecule has 1 aromatic rings. The molecule has 0 saturated heterocycles. The molecule has 0 aliphatic carbocycles. The number of hydrogen-bond acceptors (Lipinski definition) is 2. The quantitative estimate of drug-likeness (QED) is 0.862. The summed E-state index contributed by atoms with van der Waals surface area (Å²) in [6.45, 7) is -3.07. The predicted molar refractivity (Wildman–Crippen MR) is 60.3 cm³/mol. The van der Waals surface area contributed by atoms with E-state index in [0.717, 1.165) is 7.05 Å². The third kappa shape index (κ3) is 4.33. The van der Waals surface area contributed by atoms with E-state index in [9.17, 15) is 13.6 Å². The van der Waals surface area contributed by atoms with Crippen LogP contribution in [-0.4, -0.2) is 24.8 Å². The van der Waals surface area contributed by atoms with Crippen LogP contribution >= 0.6 is 23.2 Å². The van der Waals surface area contributed by atoms with Crippen LogP contribution in [0.1, 0.15) is 0 Å². The van der Waals surface area contributed by atoms with Crippen LogP contribution in [0.15, 0.2) is 18.2 Å². The highest BCUT2D eigenvalue weighted by Gasteiger charge is 2.14. The lowest BCUT2D eigenvalue weighted by Crippen LogP contribution is -2.33. The first kappa shape index (κ1) is 14.0. The van der Waals surface area contributed by atoms with Crippen LogP contribution in [0.25, 0.3) is 0 Å². The van der Waals surface area contributed by atoms with Crippen LogP contribution in [-0.2, 0) is 4.84 Å². The number of amides is 2. The lowest BCUT2D eigenvalue weighted by molar-refractivity contribution is -0.244. The topological polar surface area (TPSA) is 41.6 Å². The molecule has 0 aliphatic heterocycles. The van der Waals surface area contributed by atoms with E-state index >= 15 is 0 Å². The van der Waals surface area contributed by atoms with Crippen LogP contribution in [0.3, 0.4) is 0 Å². The number of benzene rings is 1. The Kier molecular flexibility index (Phi) is 4.92. The van der Waals surface area contributed by atoms with E-state index in [4.69, 9.17) is 23.2 Å². The minimum absolute atomic E-state index is 0.238. The molecule has 0 unspecified atom stereocenters. The highest BCUT2D eigenvalue weighted by atomic mass is 35.5. The largest absolute Gasteiger partial charge is 0.365 e. The summed E-state index contributed by atoms with van der Waals surface area (Å²) in [5.41, 5.74) is 0.314. The molecule has 8 heteroatoms. The number of hydroxylamine groups is 2. The number of urea groups is 1. The number of carbonyl (C=O) groups is 1. The van der Waals surface area contributed by atoms with Gasteiger partial charge in [0.05, 0.1) is 10.0 Å². The highest BCUT2D eigenvalue weighted by Crippen LogP contribution is 2.25. The van der Waals surface area contributed by atoms with E-state index in [-0.39, 0.29) is 5.02 Å². The van der Waals surface area contributed by atoms with Gasteiger partial charge in [-0.3, -0.25) is 0 Å². The Morgan fingerprint density at radius 3 is 2.59 bits per heavy atom. The fraction of sp³-hybridized carbons (Fsp3) is 0.222. The Labute approximate surface area is 106 Å². The van der Waals surface area contributed by atoms with Crippen molar-refractivity contribution in [1.82, 2.24) is 5.06 Å². The average Bonchev–Trinajstić information content (AvgIpc) is 2.22. The SMILES string of the molecule is CN(OC(F)F)C(=O)Nc1ccc(Cl)c(Cl)c1. The second kappa shape index (κ2) is 6.00. The second-order valence-corrected chi connectivity index (χ2v) is 3.74. The van der Waals surface area contributed by atoms with E-state index in [0.29, 0.717) is 15.8 Å². The molecule has 0 aliphatic rings. The summed E-state index contributed by atoms with van der Waals surface area (Å²) < 4.78 is 23.6. The van der Waals surface area contributed by atoms with Crippen molar-refractivity contribution in [2.75, 3.05) is 12.4 Å². The van der Waals surface area contributed by atoms with Crippen molar-refractivity contribution in [3.05, 3.63) is 28.2 Å². The fourth-order valence-corrected chi connectivity index (χ4v) is 1.24. The second-order valence-electron chi connectivity index (χ2n) is 2.92. The number of rotatable bonds is 3. The van der Waals surface area contributed by atoms with Crippen molar-refractivity contribution in [1.29, 1.82) is 0 Å². The molecule has 94 valence electrons. The van der Waals surface area contributed by atoms with E-state index in [1.807, 2.05) is 0 Å². The standard InChI is InChI=1S/C9H8Cl2F2N2O2/c1-15(17-8(12)13)9(16)14-5-2-3-6(10)7(11)4-5/h2-4,8H,1H3,(H,14,16). The Hall–Kier alpha value is -1.11. The van der Waals surface area contributed by atoms with Gasteiger partial charge in [-0.05, 0) is 18.2 Å². The normalized spacial score (nSPS) is 10.5. The van der Waals surface area contributed by atoms with Crippen molar-refractivity contribution < 1.29 is 18.4 Å². The van der Waals surface area contributed by atoms with Gasteiger partial charge in [0, 0.05) is 12.7 Å². The number of nitrogens with one attached hydrogen (secondary N) is 1. The first-order valence-corrected chi connectivity index (χ1v) is 5.10. The molecular weight excluding hydrogens is 277 g/mol. The molecule has 0 radical (unpaired) electrons. The first-order chi connectivity index (χ1) is 7.90. The molecule has 4 nitrogen and oxygen atoms in total. The van der Waals surface area contributed by atoms with Crippen LogP contribution < -0.4 is 5.32 Å². The Morgan fingerprint density at radius 1 is 1.41 bits per heavy atom. The predicted octanol–water partition coefficient (Wildman–Crippen LogP) is 3.61. The summed E-state index contributed by atoms with van der Waals surface area (Å²) in [6.07, 6.45) is 0. The van der Waals surface area contributed by atoms with Crippen LogP contribution in [0.4, 0.5) is 19.3 Å². The van der Waals surface area contributed by atoms with Gasteiger partial charge in [0.2, 0.25) is 0 Å². The molecule has 0 atom stereocenters. The van der Waals surface area contributed by atoms with Gasteiger partial charge in [-0.1, -0.05) is 23.2 Å². The van der Waals surface area contributed by atoms with Crippen LogP contribution in [0.5, 0.6) is 0 Å². The molecule has 0 spiro atoms. The molecule has 17 heavy (non-hydrogen) atoms. The maximum Gasteiger partial charge on any atom is 0.365 e. The Morgan fingerprint density at radius 2 is 2.06 bits per heavy atom. The lowest BCUT2D eigenvalue weighted by Gasteiger charge is -2.16. The molecule has 2 amide bonds. The van der Waals surface area contributed by atoms with Gasteiger partial charge in [0.25, 0.3) is 0 Å². The molecule has 0 bridgehead atoms. The molecule has 1 rings (SSSR count). The van der Waals surface area contributed by atoms with Gasteiger partial charge < -0.3 is 5.32 Å². The van der Waals surface area contributed by atoms with E-state index in [1.165, 1.54) is 18.2 Å². The smallest absolute Gasteiger partial charge is 0.306 e. The van der Waals surface area contributed by atoms with Crippen molar-refractivity contribution in [3.63, 3.8) is 0 Å². The molecule has 0 aromatic heterocycles. The summed E-state index contributed by atoms with van der Waals surface area (Å²) in [7, 11) is 1.05. The minimum Gasteiger partial charge on any atom is -0.306 e. The van der Waals surface area contributed by atoms with E-state index in [2.05, 4.69) is 10.2 Å². The Bertz CT molecular complexity index is 418. The van der Waals surface area contributed by atoms with Crippen molar-refractivity contribution >= 4 is 34.9 Å². The number of halogens is 4. The van der Waals surface area contributed by atoms with Gasteiger partial charge in [0.1, 0.15) is 0 Å². The van der Waals surface area contributed by atoms with Gasteiger partial charge in [-0.25, -0.2) is 14.7 Å². The summed E-state index contributed by atoms with van der Waals surface area (Å²) in [4.78, 5) is 15.2. The van der Waals surface area contributed by atoms with Gasteiger partial charge in [-0.2, -0.15) is 8.78 Å². The molecule has 1 N–H and O–H groups in total. The third-order valence-electron chi connectivity index (χ3n) is 1.69. The number of hydrogen-bond donors (Lipinski definition) is 1. The van der Waals surface area contributed by atoms with Crippen molar-refractivity contribution in [2.24, 2.45) is 0 Å². The van der Waals surface area contributed by atoms with Gasteiger partial charge in [0.15, 0.2) is 0 Å². The average molecular weight is 285 g/mol. The summed E-state index contributed by atoms with van der Waals surface area (Å²) in [5.74, 6) is 0. The van der Waals surface area contributed by atoms with E-state index in [1.54, 1.807) is 0 Å². The van der Waals surface area contributed by atoms with E-state index < -0.39 is 12.6 Å². The first-order valence-electron chi connectivity index (χ1n) is 4.35. The zero-order valence-electron chi connectivity index (χ0n) is 8.58. The molecule has 0 fully saturated rings. The molecule has 0 saturated carbocycles. The molecule has 0 heterocycles. The van der Waals surface area contributed by atoms with Gasteiger partial charge >= 0.3 is 12.6 Å². The number of carbonyl (C=O) groups excluding carboxylic acids is 1. The zero-order valence-corrected chi connectivity index (χ0v) is 10.1. The third-order valence-corrected chi connectivity index (χ3v) is 2.43. The lowest BCUT2D eigenvalue weighted by atomic mass is 10.3. The summed E-state index contributed by atoms with van der Waals surface area (Å²) in [6, 6.07) is 3.47. The number of alkyl halides is 2. The number of nitrogens with zero attached hydrogens (tertiary/aromatic N) is 1. The van der Waals surface area contributed by atoms with Crippen molar-refractivity contribution in [3.8, 4) is 0 Å².